The Kier molecular flexibility index (Phi) is 7.51. The number of anilines is 3. The van der Waals surface area contributed by atoms with E-state index in [0.717, 1.165) is 17.1 Å². The molecule has 1 unspecified atom stereocenters. The van der Waals surface area contributed by atoms with E-state index >= 15 is 0 Å². The second-order valence-electron chi connectivity index (χ2n) is 19.4. The monoisotopic (exact) mass is 886 g/mol. The van der Waals surface area contributed by atoms with Crippen molar-refractivity contribution in [2.45, 2.75) is 10.8 Å². The lowest BCUT2D eigenvalue weighted by Crippen LogP contribution is -2.33. The molecule has 1 aliphatic heterocycles. The van der Waals surface area contributed by atoms with Crippen LogP contribution in [-0.2, 0) is 10.8 Å². The van der Waals surface area contributed by atoms with Gasteiger partial charge in [-0.2, -0.15) is 0 Å². The van der Waals surface area contributed by atoms with Crippen molar-refractivity contribution in [2.75, 3.05) is 4.90 Å². The van der Waals surface area contributed by atoms with Crippen LogP contribution in [-0.4, -0.2) is 4.57 Å². The summed E-state index contributed by atoms with van der Waals surface area (Å²) < 4.78 is 2.53. The average Bonchev–Trinajstić information content (AvgIpc) is 4.13. The molecule has 0 amide bonds. The van der Waals surface area contributed by atoms with E-state index in [1.165, 1.54) is 117 Å². The fourth-order valence-corrected chi connectivity index (χ4v) is 13.9. The van der Waals surface area contributed by atoms with Crippen molar-refractivity contribution in [1.82, 2.24) is 4.57 Å². The van der Waals surface area contributed by atoms with E-state index in [0.29, 0.717) is 0 Å². The number of aromatic nitrogens is 1. The van der Waals surface area contributed by atoms with Crippen molar-refractivity contribution in [3.63, 3.8) is 0 Å². The lowest BCUT2D eigenvalue weighted by molar-refractivity contribution is 0.748. The first kappa shape index (κ1) is 38.0. The Morgan fingerprint density at radius 1 is 0.300 bits per heavy atom. The summed E-state index contributed by atoms with van der Waals surface area (Å²) in [6.07, 6.45) is 0. The van der Waals surface area contributed by atoms with Gasteiger partial charge in [-0.1, -0.05) is 218 Å². The minimum absolute atomic E-state index is 0.488. The van der Waals surface area contributed by atoms with Gasteiger partial charge >= 0.3 is 0 Å². The van der Waals surface area contributed by atoms with Gasteiger partial charge in [0, 0.05) is 27.6 Å². The molecule has 16 rings (SSSR count). The number of nitrogens with zero attached hydrogens (tertiary/aromatic N) is 2. The van der Waals surface area contributed by atoms with Crippen LogP contribution < -0.4 is 4.90 Å². The smallest absolute Gasteiger partial charge is 0.0755 e. The molecule has 0 N–H and O–H groups in total. The molecule has 0 radical (unpaired) electrons. The Hall–Kier alpha value is -8.98. The first-order valence-electron chi connectivity index (χ1n) is 24.5. The van der Waals surface area contributed by atoms with Crippen LogP contribution in [0.2, 0.25) is 0 Å². The third kappa shape index (κ3) is 4.55. The van der Waals surface area contributed by atoms with Crippen LogP contribution in [0.25, 0.3) is 72.0 Å². The van der Waals surface area contributed by atoms with Gasteiger partial charge in [0.05, 0.1) is 38.9 Å². The molecule has 2 spiro atoms. The van der Waals surface area contributed by atoms with Gasteiger partial charge in [-0.3, -0.25) is 0 Å². The van der Waals surface area contributed by atoms with Crippen LogP contribution in [0, 0.1) is 0 Å². The van der Waals surface area contributed by atoms with Crippen molar-refractivity contribution >= 4 is 38.9 Å². The van der Waals surface area contributed by atoms with Gasteiger partial charge < -0.3 is 9.47 Å². The van der Waals surface area contributed by atoms with Crippen molar-refractivity contribution in [3.05, 3.63) is 299 Å². The topological polar surface area (TPSA) is 8.17 Å². The van der Waals surface area contributed by atoms with Crippen LogP contribution in [0.4, 0.5) is 17.1 Å². The van der Waals surface area contributed by atoms with E-state index in [-0.39, 0.29) is 0 Å². The van der Waals surface area contributed by atoms with Crippen molar-refractivity contribution in [3.8, 4) is 50.2 Å². The zero-order valence-corrected chi connectivity index (χ0v) is 38.1. The highest BCUT2D eigenvalue weighted by molar-refractivity contribution is 6.13. The van der Waals surface area contributed by atoms with Gasteiger partial charge in [0.2, 0.25) is 0 Å². The molecule has 1 atom stereocenters. The maximum Gasteiger partial charge on any atom is 0.0755 e. The Morgan fingerprint density at radius 2 is 0.786 bits per heavy atom. The maximum absolute atomic E-state index is 2.59. The van der Waals surface area contributed by atoms with E-state index in [9.17, 15) is 0 Å². The lowest BCUT2D eigenvalue weighted by atomic mass is 9.65. The molecule has 1 aromatic heterocycles. The summed E-state index contributed by atoms with van der Waals surface area (Å²) >= 11 is 0. The fourth-order valence-electron chi connectivity index (χ4n) is 13.9. The SMILES string of the molecule is c1ccc(-c2ccccc2N(c2ccc3c(c2)C2(c4ccccc4-c4ccccc42)c2ccccc2-3)c2cccc3c2-c2ccccc2C32c3ccccc3-n3c4ccccc4c4cccc2c43)cc1. The molecule has 324 valence electrons. The highest BCUT2D eigenvalue weighted by atomic mass is 15.1. The molecule has 0 fully saturated rings. The molecular formula is C68H42N2. The zero-order valence-electron chi connectivity index (χ0n) is 38.1. The average molecular weight is 887 g/mol. The predicted octanol–water partition coefficient (Wildman–Crippen LogP) is 16.9. The van der Waals surface area contributed by atoms with Crippen LogP contribution in [0.15, 0.2) is 255 Å². The van der Waals surface area contributed by atoms with E-state index in [2.05, 4.69) is 264 Å². The summed E-state index contributed by atoms with van der Waals surface area (Å²) in [5.74, 6) is 0. The summed E-state index contributed by atoms with van der Waals surface area (Å²) in [6, 6.07) is 96.1. The standard InChI is InChI=1S/C68H42N2/c1-2-20-43(21-3-1)45-22-8-15-36-61(45)69(44-40-41-49-48-25-6-12-31-55(48)67(60(49)42-44)53-29-10-4-23-46(53)47-24-5-11-30-54(47)67)64-39-19-34-58-65(64)52-27-7-13-32-56(52)68(58)57-33-14-17-38-63(57)70-62-37-16-9-26-50(62)51-28-18-35-59(68)66(51)70/h1-42H. The maximum atomic E-state index is 2.59. The third-order valence-electron chi connectivity index (χ3n) is 16.4. The molecule has 0 saturated carbocycles. The summed E-state index contributed by atoms with van der Waals surface area (Å²) in [7, 11) is 0. The largest absolute Gasteiger partial charge is 0.309 e. The Bertz CT molecular complexity index is 4150. The molecule has 2 nitrogen and oxygen atoms in total. The quantitative estimate of drug-likeness (QED) is 0.171. The van der Waals surface area contributed by atoms with Crippen LogP contribution in [0.3, 0.4) is 0 Å². The third-order valence-corrected chi connectivity index (χ3v) is 16.4. The number of benzene rings is 11. The normalized spacial score (nSPS) is 15.6. The number of hydrogen-bond donors (Lipinski definition) is 0. The Balaban J connectivity index is 1.02. The summed E-state index contributed by atoms with van der Waals surface area (Å²) in [5, 5.41) is 2.56. The first-order valence-corrected chi connectivity index (χ1v) is 24.5. The fraction of sp³-hybridized carbons (Fsp3) is 0.0294. The Labute approximate surface area is 406 Å². The molecular weight excluding hydrogens is 845 g/mol. The van der Waals surface area contributed by atoms with Crippen molar-refractivity contribution < 1.29 is 0 Å². The van der Waals surface area contributed by atoms with Gasteiger partial charge in [0.1, 0.15) is 0 Å². The van der Waals surface area contributed by atoms with Gasteiger partial charge in [0.25, 0.3) is 0 Å². The minimum Gasteiger partial charge on any atom is -0.309 e. The molecule has 0 saturated heterocycles. The van der Waals surface area contributed by atoms with Gasteiger partial charge in [0.15, 0.2) is 0 Å². The van der Waals surface area contributed by atoms with Crippen molar-refractivity contribution in [1.29, 1.82) is 0 Å². The van der Waals surface area contributed by atoms with E-state index in [1.54, 1.807) is 0 Å². The van der Waals surface area contributed by atoms with E-state index in [4.69, 9.17) is 0 Å². The number of hydrogen-bond acceptors (Lipinski definition) is 1. The summed E-state index contributed by atoms with van der Waals surface area (Å²) in [6.45, 7) is 0. The van der Waals surface area contributed by atoms with Gasteiger partial charge in [-0.25, -0.2) is 0 Å². The molecule has 2 heteroatoms. The van der Waals surface area contributed by atoms with E-state index in [1.807, 2.05) is 0 Å². The summed E-state index contributed by atoms with van der Waals surface area (Å²) in [5.41, 5.74) is 26.7. The molecule has 11 aromatic carbocycles. The number of para-hydroxylation sites is 4. The second kappa shape index (κ2) is 13.8. The molecule has 4 aliphatic rings. The molecule has 3 aliphatic carbocycles. The van der Waals surface area contributed by atoms with Crippen LogP contribution >= 0.6 is 0 Å². The van der Waals surface area contributed by atoms with Crippen LogP contribution in [0.1, 0.15) is 44.5 Å². The van der Waals surface area contributed by atoms with E-state index < -0.39 is 10.8 Å². The lowest BCUT2D eigenvalue weighted by Gasteiger charge is -2.39. The zero-order chi connectivity index (χ0) is 45.7. The molecule has 70 heavy (non-hydrogen) atoms. The minimum atomic E-state index is -0.589. The molecule has 2 heterocycles. The number of fused-ring (bicyclic) bond motifs is 22. The first-order chi connectivity index (χ1) is 34.8. The number of rotatable bonds is 4. The second-order valence-corrected chi connectivity index (χ2v) is 19.4. The van der Waals surface area contributed by atoms with Crippen LogP contribution in [0.5, 0.6) is 0 Å². The highest BCUT2D eigenvalue weighted by Gasteiger charge is 2.53. The Morgan fingerprint density at radius 3 is 1.51 bits per heavy atom. The predicted molar refractivity (Wildman–Crippen MR) is 288 cm³/mol. The van der Waals surface area contributed by atoms with Gasteiger partial charge in [-0.05, 0) is 114 Å². The van der Waals surface area contributed by atoms with Crippen molar-refractivity contribution in [2.24, 2.45) is 0 Å². The van der Waals surface area contributed by atoms with Gasteiger partial charge in [-0.15, -0.1) is 0 Å². The highest BCUT2D eigenvalue weighted by Crippen LogP contribution is 2.66. The molecule has 0 bridgehead atoms. The molecule has 12 aromatic rings. The summed E-state index contributed by atoms with van der Waals surface area (Å²) in [4.78, 5) is 2.59.